The smallest absolute Gasteiger partial charge is 0.416 e. The number of halogens is 12. The van der Waals surface area contributed by atoms with E-state index in [1.54, 1.807) is 44.6 Å². The maximum absolute atomic E-state index is 13.9. The van der Waals surface area contributed by atoms with Gasteiger partial charge in [0.25, 0.3) is 23.6 Å². The zero-order valence-electron chi connectivity index (χ0n) is 70.2. The predicted molar refractivity (Wildman–Crippen MR) is 464 cm³/mol. The maximum atomic E-state index is 13.9. The molecule has 0 aliphatic heterocycles. The number of nitrogens with two attached hydrogens (primary N) is 4. The van der Waals surface area contributed by atoms with E-state index in [-0.39, 0.29) is 67.6 Å². The van der Waals surface area contributed by atoms with Crippen LogP contribution in [0.3, 0.4) is 0 Å². The van der Waals surface area contributed by atoms with Crippen molar-refractivity contribution in [1.82, 2.24) is 93.8 Å². The van der Waals surface area contributed by atoms with Crippen molar-refractivity contribution in [3.05, 3.63) is 334 Å². The van der Waals surface area contributed by atoms with Gasteiger partial charge in [0.05, 0.1) is 50.8 Å². The number of carbonyl (C=O) groups excluding carboxylic acids is 4. The number of rotatable bonds is 20. The highest BCUT2D eigenvalue weighted by Gasteiger charge is 2.34. The molecule has 15 aromatic rings. The molecule has 0 fully saturated rings. The van der Waals surface area contributed by atoms with Crippen LogP contribution in [0.15, 0.2) is 233 Å². The normalized spacial score (nSPS) is 12.0. The van der Waals surface area contributed by atoms with Crippen molar-refractivity contribution in [3.63, 3.8) is 0 Å². The second kappa shape index (κ2) is 41.5. The van der Waals surface area contributed by atoms with Crippen LogP contribution in [0.5, 0.6) is 0 Å². The molecular weight excluding hydrogens is 1740 g/mol. The molecule has 0 aliphatic rings. The van der Waals surface area contributed by atoms with E-state index in [0.717, 1.165) is 109 Å². The highest BCUT2D eigenvalue weighted by atomic mass is 19.4. The van der Waals surface area contributed by atoms with Crippen LogP contribution >= 0.6 is 0 Å². The number of benzene rings is 6. The zero-order valence-corrected chi connectivity index (χ0v) is 70.2. The van der Waals surface area contributed by atoms with Crippen molar-refractivity contribution in [3.8, 4) is 56.9 Å². The standard InChI is InChI=1S/C19H18N4O.C18H13F4N5O.C18H14F3N5O.C18H13F3N4O2.C18H15F2N5O/c1-13-8-14(2)10-16(9-13)19-21-12-23(22-19)11-17(18(20)24)15-6-4-3-5-7-15;1-10-2-11(4-13(3-10)18(20,21)22)17-25-9-27(26-17)8-15(16(23)28)12-5-14(19)7-24-6-12;1-11-6-13(8-14(7-11)18(19,20)21)17-24-10-26(25-17)9-15(16(22)27)12-2-4-23-5-3-12;1-11-6-13(8-14(7-11)18(19,20)21)16-23-10-25(24-16)9-15(17(26)27)12-2-4-22-5-3-12;1-10-5-11(2)7-12(6-10)18-22-9-25(24-18)8-14(17(21)26)13-3-4-15(19)23-16(13)20/h3-12H,1-2H3,(H2,20,24);2-9H,1H3,(H2,23,28);2-10H,1H3,(H2,22,27);2-10H,1H3,(H,26,27);3-9H,1-2H3,(H2,21,26)/b17-11+;15-8+;2*15-9+;14-8+. The first-order valence-corrected chi connectivity index (χ1v) is 38.6. The van der Waals surface area contributed by atoms with E-state index in [0.29, 0.717) is 45.0 Å². The molecule has 0 aliphatic carbocycles. The maximum Gasteiger partial charge on any atom is 0.416 e. The molecule has 0 spiro atoms. The minimum atomic E-state index is -4.51. The van der Waals surface area contributed by atoms with E-state index in [1.807, 2.05) is 88.4 Å². The van der Waals surface area contributed by atoms with E-state index in [9.17, 15) is 81.8 Å². The summed E-state index contributed by atoms with van der Waals surface area (Å²) >= 11 is 0. The summed E-state index contributed by atoms with van der Waals surface area (Å²) in [5, 5.41) is 30.4. The van der Waals surface area contributed by atoms with Gasteiger partial charge in [-0.15, -0.1) is 25.5 Å². The number of hydrogen-bond donors (Lipinski definition) is 5. The molecule has 672 valence electrons. The molecule has 41 heteroatoms. The Labute approximate surface area is 741 Å². The Bertz CT molecular complexity index is 6730. The Balaban J connectivity index is 0.000000159. The van der Waals surface area contributed by atoms with Gasteiger partial charge >= 0.3 is 24.5 Å². The number of aryl methyl sites for hydroxylation is 7. The molecule has 0 saturated carbocycles. The van der Waals surface area contributed by atoms with E-state index in [2.05, 4.69) is 76.4 Å². The van der Waals surface area contributed by atoms with Crippen molar-refractivity contribution in [2.45, 2.75) is 67.0 Å². The molecule has 6 aromatic carbocycles. The van der Waals surface area contributed by atoms with Gasteiger partial charge in [-0.3, -0.25) is 34.1 Å². The number of aromatic nitrogens is 19. The third-order valence-corrected chi connectivity index (χ3v) is 18.3. The first-order chi connectivity index (χ1) is 62.5. The Morgan fingerprint density at radius 3 is 0.917 bits per heavy atom. The molecule has 0 bridgehead atoms. The van der Waals surface area contributed by atoms with Crippen LogP contribution in [0.25, 0.3) is 116 Å². The minimum absolute atomic E-state index is 0.0200. The third-order valence-electron chi connectivity index (χ3n) is 18.3. The lowest BCUT2D eigenvalue weighted by Crippen LogP contribution is -2.15. The molecular formula is C91H73F12N23O6. The summed E-state index contributed by atoms with van der Waals surface area (Å²) in [6.07, 6.45) is 7.89. The number of hydrogen-bond acceptors (Lipinski definition) is 19. The highest BCUT2D eigenvalue weighted by Crippen LogP contribution is 2.37. The third kappa shape index (κ3) is 26.0. The van der Waals surface area contributed by atoms with Crippen LogP contribution in [-0.4, -0.2) is 128 Å². The van der Waals surface area contributed by atoms with Crippen LogP contribution < -0.4 is 22.9 Å². The average molecular weight is 1810 g/mol. The lowest BCUT2D eigenvalue weighted by atomic mass is 10.1. The molecule has 29 nitrogen and oxygen atoms in total. The van der Waals surface area contributed by atoms with Crippen LogP contribution in [0.1, 0.15) is 83.5 Å². The van der Waals surface area contributed by atoms with Gasteiger partial charge in [-0.1, -0.05) is 64.7 Å². The van der Waals surface area contributed by atoms with Crippen molar-refractivity contribution in [2.24, 2.45) is 22.9 Å². The number of amides is 4. The van der Waals surface area contributed by atoms with Crippen LogP contribution in [0.2, 0.25) is 0 Å². The topological polar surface area (TPSA) is 415 Å². The van der Waals surface area contributed by atoms with Crippen LogP contribution in [0, 0.1) is 66.2 Å². The highest BCUT2D eigenvalue weighted by molar-refractivity contribution is 6.24. The van der Waals surface area contributed by atoms with E-state index in [1.165, 1.54) is 126 Å². The number of carboxylic acids is 1. The van der Waals surface area contributed by atoms with Gasteiger partial charge in [0.15, 0.2) is 29.1 Å². The second-order valence-corrected chi connectivity index (χ2v) is 28.9. The summed E-state index contributed by atoms with van der Waals surface area (Å²) < 4.78 is 163. The number of primary amides is 4. The SMILES string of the molecule is Cc1cc(-c2ncn(/C=C(/C(=O)O)c3ccncc3)n2)cc(C(F)(F)F)c1.Cc1cc(-c2ncn(/C=C(/C(N)=O)c3ccncc3)n2)cc(C(F)(F)F)c1.Cc1cc(-c2ncn(/C=C(/C(N)=O)c3cncc(F)c3)n2)cc(C(F)(F)F)c1.Cc1cc(C)cc(-c2ncn(/C=C(/C(N)=O)c3ccc(F)nc3F)n2)c1.Cc1cc(C)cc(-c2ncn(/C=C(/C(N)=O)c3ccccc3)n2)c1. The molecule has 9 aromatic heterocycles. The lowest BCUT2D eigenvalue weighted by Gasteiger charge is -2.09. The summed E-state index contributed by atoms with van der Waals surface area (Å²) in [7, 11) is 0. The summed E-state index contributed by atoms with van der Waals surface area (Å²) in [4.78, 5) is 93.3. The number of pyridine rings is 4. The Morgan fingerprint density at radius 2 is 0.614 bits per heavy atom. The lowest BCUT2D eigenvalue weighted by molar-refractivity contribution is -0.138. The molecule has 9 heterocycles. The Hall–Kier alpha value is -17.2. The average Bonchev–Trinajstić information content (AvgIpc) is 1.56. The Morgan fingerprint density at radius 1 is 0.326 bits per heavy atom. The Kier molecular flexibility index (Phi) is 30.0. The second-order valence-electron chi connectivity index (χ2n) is 28.9. The summed E-state index contributed by atoms with van der Waals surface area (Å²) in [5.41, 5.74) is 28.9. The number of nitrogens with zero attached hydrogens (tertiary/aromatic N) is 19. The van der Waals surface area contributed by atoms with Crippen molar-refractivity contribution in [2.75, 3.05) is 0 Å². The van der Waals surface area contributed by atoms with Crippen molar-refractivity contribution >= 4 is 88.5 Å². The van der Waals surface area contributed by atoms with Gasteiger partial charge in [-0.2, -0.15) is 53.3 Å². The molecule has 0 radical (unpaired) electrons. The monoisotopic (exact) mass is 1810 g/mol. The van der Waals surface area contributed by atoms with Crippen LogP contribution in [-0.2, 0) is 42.5 Å². The molecule has 0 atom stereocenters. The fraction of sp³-hybridized carbons (Fsp3) is 0.110. The first kappa shape index (κ1) is 95.5. The first-order valence-electron chi connectivity index (χ1n) is 38.6. The predicted octanol–water partition coefficient (Wildman–Crippen LogP) is 16.0. The van der Waals surface area contributed by atoms with Gasteiger partial charge in [0.2, 0.25) is 11.9 Å². The van der Waals surface area contributed by atoms with Crippen molar-refractivity contribution < 1.29 is 81.8 Å². The largest absolute Gasteiger partial charge is 0.478 e. The quantitative estimate of drug-likeness (QED) is 0.0269. The van der Waals surface area contributed by atoms with Gasteiger partial charge in [-0.25, -0.2) is 57.5 Å². The van der Waals surface area contributed by atoms with Crippen LogP contribution in [0.4, 0.5) is 52.7 Å². The van der Waals surface area contributed by atoms with Crippen molar-refractivity contribution in [1.29, 1.82) is 0 Å². The molecule has 132 heavy (non-hydrogen) atoms. The molecule has 0 unspecified atom stereocenters. The van der Waals surface area contributed by atoms with Gasteiger partial charge in [0, 0.05) is 101 Å². The number of aliphatic carboxylic acids is 1. The van der Waals surface area contributed by atoms with Gasteiger partial charge in [-0.05, 0) is 203 Å². The minimum Gasteiger partial charge on any atom is -0.478 e. The number of carboxylic acid groups (broad SMARTS) is 1. The number of alkyl halides is 9. The molecule has 15 rings (SSSR count). The number of carbonyl (C=O) groups is 5. The van der Waals surface area contributed by atoms with Gasteiger partial charge < -0.3 is 28.0 Å². The fourth-order valence-electron chi connectivity index (χ4n) is 12.7. The van der Waals surface area contributed by atoms with E-state index >= 15 is 0 Å². The fourth-order valence-corrected chi connectivity index (χ4v) is 12.7. The van der Waals surface area contributed by atoms with Gasteiger partial charge in [0.1, 0.15) is 37.5 Å². The zero-order chi connectivity index (χ0) is 95.6. The summed E-state index contributed by atoms with van der Waals surface area (Å²) in [5.74, 6) is -5.72. The molecule has 0 saturated heterocycles. The molecule has 9 N–H and O–H groups in total. The summed E-state index contributed by atoms with van der Waals surface area (Å²) in [6.45, 7) is 12.6. The van der Waals surface area contributed by atoms with E-state index < -0.39 is 82.5 Å². The van der Waals surface area contributed by atoms with E-state index in [4.69, 9.17) is 22.9 Å². The molecule has 4 amide bonds. The summed E-state index contributed by atoms with van der Waals surface area (Å²) in [6, 6.07) is 41.2.